The highest BCUT2D eigenvalue weighted by atomic mass is 16.6. The molecule has 1 aromatic heterocycles. The van der Waals surface area contributed by atoms with Crippen LogP contribution in [0.2, 0.25) is 0 Å². The van der Waals surface area contributed by atoms with E-state index in [-0.39, 0.29) is 6.09 Å². The highest BCUT2D eigenvalue weighted by molar-refractivity contribution is 5.94. The number of H-pyrrole nitrogens is 1. The lowest BCUT2D eigenvalue weighted by molar-refractivity contribution is 0.181. The summed E-state index contributed by atoms with van der Waals surface area (Å²) in [7, 11) is 0. The summed E-state index contributed by atoms with van der Waals surface area (Å²) in [5.74, 6) is 0. The number of benzene rings is 1. The van der Waals surface area contributed by atoms with Crippen LogP contribution in [0.4, 0.5) is 10.5 Å². The molecule has 0 radical (unpaired) electrons. The van der Waals surface area contributed by atoms with E-state index in [1.807, 2.05) is 42.6 Å². The summed E-state index contributed by atoms with van der Waals surface area (Å²) in [4.78, 5) is 16.4. The monoisotopic (exact) mass is 228 g/mol. The Labute approximate surface area is 98.8 Å². The highest BCUT2D eigenvalue weighted by Crippen LogP contribution is 2.31. The van der Waals surface area contributed by atoms with Crippen LogP contribution in [0.15, 0.2) is 42.6 Å². The number of rotatable bonds is 2. The maximum atomic E-state index is 11.6. The fourth-order valence-corrected chi connectivity index (χ4v) is 2.05. The summed E-state index contributed by atoms with van der Waals surface area (Å²) in [6.07, 6.45) is 1.60. The number of nitrogens with zero attached hydrogens (tertiary/aromatic N) is 1. The molecule has 1 saturated heterocycles. The minimum atomic E-state index is -0.274. The van der Waals surface area contributed by atoms with E-state index < -0.39 is 0 Å². The third kappa shape index (κ3) is 1.67. The van der Waals surface area contributed by atoms with Crippen LogP contribution in [0.1, 0.15) is 0 Å². The molecule has 0 bridgehead atoms. The number of hydrogen-bond donors (Lipinski definition) is 1. The fourth-order valence-electron chi connectivity index (χ4n) is 2.05. The first kappa shape index (κ1) is 9.96. The normalized spacial score (nSPS) is 15.1. The van der Waals surface area contributed by atoms with E-state index >= 15 is 0 Å². The van der Waals surface area contributed by atoms with Crippen molar-refractivity contribution in [2.24, 2.45) is 0 Å². The molecule has 1 aliphatic heterocycles. The molecule has 1 aliphatic rings. The third-order valence-corrected chi connectivity index (χ3v) is 2.84. The van der Waals surface area contributed by atoms with E-state index in [1.54, 1.807) is 4.90 Å². The molecular weight excluding hydrogens is 216 g/mol. The lowest BCUT2D eigenvalue weighted by Gasteiger charge is -2.16. The van der Waals surface area contributed by atoms with Crippen LogP contribution in [0.25, 0.3) is 11.3 Å². The number of aromatic amines is 1. The zero-order valence-corrected chi connectivity index (χ0v) is 9.22. The van der Waals surface area contributed by atoms with Gasteiger partial charge >= 0.3 is 6.09 Å². The van der Waals surface area contributed by atoms with Crippen LogP contribution in [0.3, 0.4) is 0 Å². The van der Waals surface area contributed by atoms with Gasteiger partial charge in [0.2, 0.25) is 0 Å². The predicted molar refractivity (Wildman–Crippen MR) is 64.9 cm³/mol. The summed E-state index contributed by atoms with van der Waals surface area (Å²) in [5, 5.41) is 0. The van der Waals surface area contributed by atoms with Crippen molar-refractivity contribution in [3.8, 4) is 11.3 Å². The molecule has 0 saturated carbocycles. The number of nitrogens with one attached hydrogen (secondary N) is 1. The fraction of sp³-hybridized carbons (Fsp3) is 0.154. The van der Waals surface area contributed by atoms with Gasteiger partial charge in [-0.1, -0.05) is 18.2 Å². The summed E-state index contributed by atoms with van der Waals surface area (Å²) in [6, 6.07) is 11.7. The zero-order valence-electron chi connectivity index (χ0n) is 9.22. The van der Waals surface area contributed by atoms with Gasteiger partial charge in [0.15, 0.2) is 0 Å². The minimum absolute atomic E-state index is 0.274. The second-order valence-corrected chi connectivity index (χ2v) is 3.87. The number of hydrogen-bond acceptors (Lipinski definition) is 2. The zero-order chi connectivity index (χ0) is 11.7. The van der Waals surface area contributed by atoms with Crippen molar-refractivity contribution in [2.75, 3.05) is 18.1 Å². The molecule has 0 atom stereocenters. The van der Waals surface area contributed by atoms with Crippen LogP contribution in [-0.4, -0.2) is 24.2 Å². The summed E-state index contributed by atoms with van der Waals surface area (Å²) in [5.41, 5.74) is 2.90. The Morgan fingerprint density at radius 1 is 1.18 bits per heavy atom. The first-order valence-electron chi connectivity index (χ1n) is 5.53. The van der Waals surface area contributed by atoms with Gasteiger partial charge in [0.25, 0.3) is 0 Å². The third-order valence-electron chi connectivity index (χ3n) is 2.84. The Hall–Kier alpha value is -2.23. The van der Waals surface area contributed by atoms with E-state index in [2.05, 4.69) is 4.98 Å². The summed E-state index contributed by atoms with van der Waals surface area (Å²) >= 11 is 0. The molecule has 4 nitrogen and oxygen atoms in total. The van der Waals surface area contributed by atoms with Crippen LogP contribution >= 0.6 is 0 Å². The van der Waals surface area contributed by atoms with Gasteiger partial charge in [0.05, 0.1) is 12.2 Å². The van der Waals surface area contributed by atoms with Gasteiger partial charge in [-0.25, -0.2) is 4.79 Å². The standard InChI is InChI=1S/C13H12N2O2/c16-13-15(8-9-17-13)12-6-2-1-4-10(12)11-5-3-7-14-11/h1-7,14H,8-9H2. The molecule has 3 rings (SSSR count). The number of para-hydroxylation sites is 1. The number of carbonyl (C=O) groups excluding carboxylic acids is 1. The largest absolute Gasteiger partial charge is 0.447 e. The maximum Gasteiger partial charge on any atom is 0.414 e. The minimum Gasteiger partial charge on any atom is -0.447 e. The lowest BCUT2D eigenvalue weighted by atomic mass is 10.1. The molecule has 2 heterocycles. The van der Waals surface area contributed by atoms with Crippen molar-refractivity contribution >= 4 is 11.8 Å². The molecule has 0 aliphatic carbocycles. The molecule has 4 heteroatoms. The van der Waals surface area contributed by atoms with E-state index in [0.717, 1.165) is 16.9 Å². The van der Waals surface area contributed by atoms with Crippen molar-refractivity contribution in [3.63, 3.8) is 0 Å². The number of amides is 1. The first-order chi connectivity index (χ1) is 8.36. The number of carbonyl (C=O) groups is 1. The average molecular weight is 228 g/mol. The Kier molecular flexibility index (Phi) is 2.33. The molecule has 1 fully saturated rings. The summed E-state index contributed by atoms with van der Waals surface area (Å²) < 4.78 is 4.97. The molecule has 0 unspecified atom stereocenters. The first-order valence-corrected chi connectivity index (χ1v) is 5.53. The van der Waals surface area contributed by atoms with Gasteiger partial charge < -0.3 is 9.72 Å². The maximum absolute atomic E-state index is 11.6. The Balaban J connectivity index is 2.08. The molecule has 1 N–H and O–H groups in total. The van der Waals surface area contributed by atoms with E-state index in [0.29, 0.717) is 13.2 Å². The van der Waals surface area contributed by atoms with Crippen LogP contribution < -0.4 is 4.90 Å². The second-order valence-electron chi connectivity index (χ2n) is 3.87. The smallest absolute Gasteiger partial charge is 0.414 e. The van der Waals surface area contributed by atoms with E-state index in [9.17, 15) is 4.79 Å². The highest BCUT2D eigenvalue weighted by Gasteiger charge is 2.25. The van der Waals surface area contributed by atoms with Crippen molar-refractivity contribution in [1.82, 2.24) is 4.98 Å². The van der Waals surface area contributed by atoms with Gasteiger partial charge in [0.1, 0.15) is 6.61 Å². The lowest BCUT2D eigenvalue weighted by Crippen LogP contribution is -2.23. The molecule has 0 spiro atoms. The van der Waals surface area contributed by atoms with Crippen molar-refractivity contribution in [2.45, 2.75) is 0 Å². The molecular formula is C13H12N2O2. The SMILES string of the molecule is O=C1OCCN1c1ccccc1-c1ccc[nH]1. The van der Waals surface area contributed by atoms with Gasteiger partial charge in [-0.15, -0.1) is 0 Å². The molecule has 2 aromatic rings. The van der Waals surface area contributed by atoms with Crippen molar-refractivity contribution in [3.05, 3.63) is 42.6 Å². The van der Waals surface area contributed by atoms with Crippen LogP contribution in [0.5, 0.6) is 0 Å². The molecule has 1 aromatic carbocycles. The van der Waals surface area contributed by atoms with Crippen LogP contribution in [-0.2, 0) is 4.74 Å². The molecule has 86 valence electrons. The predicted octanol–water partition coefficient (Wildman–Crippen LogP) is 2.64. The average Bonchev–Trinajstić information content (AvgIpc) is 3.00. The Morgan fingerprint density at radius 2 is 2.06 bits per heavy atom. The quantitative estimate of drug-likeness (QED) is 0.858. The number of aromatic nitrogens is 1. The summed E-state index contributed by atoms with van der Waals surface area (Å²) in [6.45, 7) is 1.06. The molecule has 17 heavy (non-hydrogen) atoms. The van der Waals surface area contributed by atoms with Crippen molar-refractivity contribution in [1.29, 1.82) is 0 Å². The van der Waals surface area contributed by atoms with Crippen molar-refractivity contribution < 1.29 is 9.53 Å². The van der Waals surface area contributed by atoms with Crippen LogP contribution in [0, 0.1) is 0 Å². The Bertz CT molecular complexity index is 534. The number of ether oxygens (including phenoxy) is 1. The number of cyclic esters (lactones) is 1. The topological polar surface area (TPSA) is 45.3 Å². The van der Waals surface area contributed by atoms with E-state index in [1.165, 1.54) is 0 Å². The second kappa shape index (κ2) is 3.97. The van der Waals surface area contributed by atoms with Gasteiger partial charge in [-0.2, -0.15) is 0 Å². The van der Waals surface area contributed by atoms with Gasteiger partial charge in [-0.05, 0) is 18.2 Å². The Morgan fingerprint density at radius 3 is 2.76 bits per heavy atom. The molecule has 1 amide bonds. The van der Waals surface area contributed by atoms with Gasteiger partial charge in [-0.3, -0.25) is 4.90 Å². The number of anilines is 1. The van der Waals surface area contributed by atoms with Gasteiger partial charge in [0, 0.05) is 17.5 Å². The van der Waals surface area contributed by atoms with E-state index in [4.69, 9.17) is 4.74 Å².